The molecule has 3 aromatic rings. The van der Waals surface area contributed by atoms with Crippen molar-refractivity contribution >= 4 is 28.5 Å². The molecule has 4 fully saturated rings. The Morgan fingerprint density at radius 3 is 2.46 bits per heavy atom. The number of carbonyl (C=O) groups excluding carboxylic acids is 2. The minimum absolute atomic E-state index is 0.0340. The van der Waals surface area contributed by atoms with Gasteiger partial charge in [-0.25, -0.2) is 4.79 Å². The van der Waals surface area contributed by atoms with Crippen LogP contribution < -0.4 is 9.64 Å². The van der Waals surface area contributed by atoms with Crippen LogP contribution in [0.5, 0.6) is 5.75 Å². The molecule has 1 unspecified atom stereocenters. The van der Waals surface area contributed by atoms with E-state index in [2.05, 4.69) is 50.9 Å². The number of carbonyl (C=O) groups is 2. The molecule has 0 amide bonds. The molecule has 3 N–H and O–H groups in total. The van der Waals surface area contributed by atoms with Gasteiger partial charge in [0.05, 0.1) is 33.0 Å². The van der Waals surface area contributed by atoms with Gasteiger partial charge in [-0.1, -0.05) is 38.5 Å². The molecular formula is C45H60N4O7. The smallest absolute Gasteiger partial charge is 0.340 e. The van der Waals surface area contributed by atoms with Crippen molar-refractivity contribution in [2.45, 2.75) is 112 Å². The van der Waals surface area contributed by atoms with Crippen LogP contribution in [-0.4, -0.2) is 121 Å². The van der Waals surface area contributed by atoms with Crippen LogP contribution in [0.15, 0.2) is 36.4 Å². The normalized spacial score (nSPS) is 37.4. The first-order valence-electron chi connectivity index (χ1n) is 21.0. The molecular weight excluding hydrogens is 709 g/mol. The number of piperidine rings is 2. The monoisotopic (exact) mass is 768 g/mol. The van der Waals surface area contributed by atoms with Crippen molar-refractivity contribution in [3.63, 3.8) is 0 Å². The van der Waals surface area contributed by atoms with Gasteiger partial charge in [-0.05, 0) is 105 Å². The summed E-state index contributed by atoms with van der Waals surface area (Å²) in [6, 6.07) is 12.1. The van der Waals surface area contributed by atoms with E-state index in [4.69, 9.17) is 14.2 Å². The number of H-pyrrole nitrogens is 1. The Balaban J connectivity index is 1.35. The molecule has 9 rings (SSSR count). The Morgan fingerprint density at radius 2 is 1.73 bits per heavy atom. The fourth-order valence-electron chi connectivity index (χ4n) is 14.0. The number of hydrogen-bond donors (Lipinski definition) is 3. The molecule has 11 heteroatoms. The molecule has 1 aliphatic carbocycles. The zero-order valence-electron chi connectivity index (χ0n) is 34.1. The number of fused-ring (bicyclic) bond motifs is 6. The SMILES string of the molecule is CCC[C@]12CCCN3CC[C@@]4(c5cc([C@@]6(C(=O)OC)C[C@H]7CN(CCc8c6[nH]c6ccccc86)C[C@](O)(CC)C7)c(OC)cc5N(C)[C@H]4[C@@](O)(C(=O)OC)C1)[C@@H]32. The number of rotatable bonds is 7. The predicted octanol–water partition coefficient (Wildman–Crippen LogP) is 5.06. The lowest BCUT2D eigenvalue weighted by Gasteiger charge is -2.62. The van der Waals surface area contributed by atoms with Crippen LogP contribution in [0, 0.1) is 11.3 Å². The zero-order valence-corrected chi connectivity index (χ0v) is 34.1. The van der Waals surface area contributed by atoms with Gasteiger partial charge in [0, 0.05) is 72.1 Å². The molecule has 6 aliphatic rings. The number of ether oxygens (including phenoxy) is 3. The van der Waals surface area contributed by atoms with Crippen molar-refractivity contribution in [3.05, 3.63) is 58.8 Å². The van der Waals surface area contributed by atoms with E-state index in [1.165, 1.54) is 14.2 Å². The highest BCUT2D eigenvalue weighted by Crippen LogP contribution is 2.68. The molecule has 11 nitrogen and oxygen atoms in total. The summed E-state index contributed by atoms with van der Waals surface area (Å²) in [5.41, 5.74) is 0.638. The van der Waals surface area contributed by atoms with Gasteiger partial charge < -0.3 is 34.3 Å². The molecule has 2 bridgehead atoms. The van der Waals surface area contributed by atoms with Gasteiger partial charge in [-0.15, -0.1) is 0 Å². The van der Waals surface area contributed by atoms with Gasteiger partial charge in [0.25, 0.3) is 0 Å². The molecule has 1 aromatic heterocycles. The number of anilines is 1. The Hall–Kier alpha value is -3.64. The second kappa shape index (κ2) is 13.2. The third-order valence-electron chi connectivity index (χ3n) is 15.7. The number of likely N-dealkylation sites (N-methyl/N-ethyl adjacent to an activating group) is 1. The summed E-state index contributed by atoms with van der Waals surface area (Å²) in [7, 11) is 6.52. The number of nitrogens with zero attached hydrogens (tertiary/aromatic N) is 3. The van der Waals surface area contributed by atoms with Crippen LogP contribution in [0.1, 0.15) is 94.0 Å². The Labute approximate surface area is 330 Å². The molecule has 302 valence electrons. The van der Waals surface area contributed by atoms with E-state index >= 15 is 4.79 Å². The summed E-state index contributed by atoms with van der Waals surface area (Å²) < 4.78 is 17.9. The zero-order chi connectivity index (χ0) is 39.4. The number of benzene rings is 2. The second-order valence-electron chi connectivity index (χ2n) is 18.4. The lowest BCUT2D eigenvalue weighted by Crippen LogP contribution is -2.75. The van der Waals surface area contributed by atoms with Crippen molar-refractivity contribution in [2.75, 3.05) is 66.0 Å². The molecule has 2 aromatic carbocycles. The van der Waals surface area contributed by atoms with Crippen LogP contribution in [0.2, 0.25) is 0 Å². The summed E-state index contributed by atoms with van der Waals surface area (Å²) in [4.78, 5) is 40.3. The number of hydrogen-bond acceptors (Lipinski definition) is 10. The van der Waals surface area contributed by atoms with Crippen LogP contribution in [0.3, 0.4) is 0 Å². The van der Waals surface area contributed by atoms with Crippen molar-refractivity contribution in [2.24, 2.45) is 11.3 Å². The highest BCUT2D eigenvalue weighted by molar-refractivity contribution is 5.94. The first-order chi connectivity index (χ1) is 26.9. The van der Waals surface area contributed by atoms with Gasteiger partial charge >= 0.3 is 11.9 Å². The maximum atomic E-state index is 15.3. The van der Waals surface area contributed by atoms with Gasteiger partial charge in [0.2, 0.25) is 0 Å². The maximum Gasteiger partial charge on any atom is 0.340 e. The Kier molecular flexibility index (Phi) is 8.93. The van der Waals surface area contributed by atoms with E-state index in [-0.39, 0.29) is 23.3 Å². The first kappa shape index (κ1) is 37.9. The Morgan fingerprint density at radius 1 is 0.946 bits per heavy atom. The summed E-state index contributed by atoms with van der Waals surface area (Å²) >= 11 is 0. The predicted molar refractivity (Wildman–Crippen MR) is 214 cm³/mol. The lowest BCUT2D eigenvalue weighted by atomic mass is 9.47. The number of aromatic amines is 1. The fourth-order valence-corrected chi connectivity index (χ4v) is 14.0. The number of para-hydroxylation sites is 1. The topological polar surface area (TPSA) is 128 Å². The standard InChI is InChI=1S/C45H60N4O7/c1-7-15-41-16-11-18-49-20-17-43(37(41)49)31-21-32(35(54-4)22-34(31)47(3)38(43)45(53,26-41)40(51)56-6)44(39(50)55-5)24-28-23-42(52,8-2)27-48(25-28)19-14-30-29-12-9-10-13-33(29)46-36(30)44/h9-10,12-13,21-22,28,37-38,46,52-53H,7-8,11,14-20,23-27H2,1-6H3/t28-,37-,38+,41-,42-,43+,44-,45+/m0/s1. The average molecular weight is 769 g/mol. The van der Waals surface area contributed by atoms with Crippen molar-refractivity contribution in [1.29, 1.82) is 0 Å². The number of aromatic nitrogens is 1. The van der Waals surface area contributed by atoms with Crippen molar-refractivity contribution in [1.82, 2.24) is 14.8 Å². The van der Waals surface area contributed by atoms with Crippen LogP contribution >= 0.6 is 0 Å². The highest BCUT2D eigenvalue weighted by atomic mass is 16.5. The van der Waals surface area contributed by atoms with Crippen LogP contribution in [0.4, 0.5) is 5.69 Å². The van der Waals surface area contributed by atoms with E-state index in [1.54, 1.807) is 7.11 Å². The summed E-state index contributed by atoms with van der Waals surface area (Å²) in [6.07, 6.45) is 7.18. The van der Waals surface area contributed by atoms with Gasteiger partial charge in [-0.2, -0.15) is 0 Å². The number of nitrogens with one attached hydrogen (secondary N) is 1. The minimum atomic E-state index is -1.76. The third-order valence-corrected chi connectivity index (χ3v) is 15.7. The van der Waals surface area contributed by atoms with E-state index < -0.39 is 34.0 Å². The highest BCUT2D eigenvalue weighted by Gasteiger charge is 2.76. The molecule has 6 heterocycles. The van der Waals surface area contributed by atoms with E-state index in [9.17, 15) is 15.0 Å². The molecule has 56 heavy (non-hydrogen) atoms. The van der Waals surface area contributed by atoms with Crippen LogP contribution in [-0.2, 0) is 36.3 Å². The van der Waals surface area contributed by atoms with Gasteiger partial charge in [0.1, 0.15) is 11.2 Å². The molecule has 5 aliphatic heterocycles. The van der Waals surface area contributed by atoms with Crippen molar-refractivity contribution in [3.8, 4) is 5.75 Å². The van der Waals surface area contributed by atoms with E-state index in [0.29, 0.717) is 44.4 Å². The molecule has 1 spiro atoms. The lowest BCUT2D eigenvalue weighted by molar-refractivity contribution is -0.188. The third kappa shape index (κ3) is 4.96. The van der Waals surface area contributed by atoms with Gasteiger partial charge in [-0.3, -0.25) is 14.6 Å². The molecule has 9 atom stereocenters. The fraction of sp³-hybridized carbons (Fsp3) is 0.644. The second-order valence-corrected chi connectivity index (χ2v) is 18.4. The van der Waals surface area contributed by atoms with E-state index in [1.807, 2.05) is 26.1 Å². The molecule has 3 saturated heterocycles. The van der Waals surface area contributed by atoms with Crippen molar-refractivity contribution < 1.29 is 34.0 Å². The molecule has 1 saturated carbocycles. The summed E-state index contributed by atoms with van der Waals surface area (Å²) in [5.74, 6) is -0.433. The quantitative estimate of drug-likeness (QED) is 0.281. The molecule has 0 radical (unpaired) electrons. The summed E-state index contributed by atoms with van der Waals surface area (Å²) in [5, 5.41) is 26.1. The first-order valence-corrected chi connectivity index (χ1v) is 21.0. The van der Waals surface area contributed by atoms with E-state index in [0.717, 1.165) is 97.3 Å². The number of methoxy groups -OCH3 is 3. The Bertz CT molecular complexity index is 2060. The van der Waals surface area contributed by atoms with Gasteiger partial charge in [0.15, 0.2) is 5.60 Å². The number of aliphatic hydroxyl groups is 2. The maximum absolute atomic E-state index is 15.3. The van der Waals surface area contributed by atoms with Crippen LogP contribution in [0.25, 0.3) is 10.9 Å². The summed E-state index contributed by atoms with van der Waals surface area (Å²) in [6.45, 7) is 8.21. The average Bonchev–Trinajstić information content (AvgIpc) is 3.86. The minimum Gasteiger partial charge on any atom is -0.496 e. The largest absolute Gasteiger partial charge is 0.496 e. The number of esters is 2.